The molecule has 1 fully saturated rings. The summed E-state index contributed by atoms with van der Waals surface area (Å²) in [5.41, 5.74) is 5.24. The van der Waals surface area contributed by atoms with Crippen LogP contribution in [0.2, 0.25) is 0 Å². The number of fused-ring (bicyclic) bond motifs is 3. The predicted octanol–water partition coefficient (Wildman–Crippen LogP) is 3.59. The highest BCUT2D eigenvalue weighted by Gasteiger charge is 2.24. The van der Waals surface area contributed by atoms with Crippen LogP contribution >= 0.6 is 11.3 Å². The lowest BCUT2D eigenvalue weighted by molar-refractivity contribution is 0.211. The third-order valence-corrected chi connectivity index (χ3v) is 6.30. The van der Waals surface area contributed by atoms with Crippen LogP contribution in [0.15, 0.2) is 24.5 Å². The van der Waals surface area contributed by atoms with Crippen molar-refractivity contribution in [2.45, 2.75) is 37.8 Å². The van der Waals surface area contributed by atoms with Crippen molar-refractivity contribution in [1.82, 2.24) is 14.9 Å². The van der Waals surface area contributed by atoms with Gasteiger partial charge in [0.1, 0.15) is 22.7 Å². The van der Waals surface area contributed by atoms with Crippen LogP contribution in [0.1, 0.15) is 25.7 Å². The van der Waals surface area contributed by atoms with Crippen molar-refractivity contribution in [2.75, 3.05) is 19.4 Å². The number of thiophene rings is 1. The SMILES string of the molecule is CN(C)C1CCC(Nc2ncnc3sc4cccc(OC(N)=O)c4c23)CC1. The second-order valence-electron chi connectivity index (χ2n) is 7.17. The second-order valence-corrected chi connectivity index (χ2v) is 8.20. The predicted molar refractivity (Wildman–Crippen MR) is 108 cm³/mol. The van der Waals surface area contributed by atoms with Gasteiger partial charge >= 0.3 is 6.09 Å². The number of anilines is 1. The van der Waals surface area contributed by atoms with Crippen LogP contribution < -0.4 is 15.8 Å². The largest absolute Gasteiger partial charge is 0.410 e. The van der Waals surface area contributed by atoms with Crippen LogP contribution in [0.4, 0.5) is 10.6 Å². The topological polar surface area (TPSA) is 93.4 Å². The van der Waals surface area contributed by atoms with Crippen molar-refractivity contribution in [3.63, 3.8) is 0 Å². The first-order valence-corrected chi connectivity index (χ1v) is 9.91. The molecule has 0 bridgehead atoms. The molecule has 0 spiro atoms. The van der Waals surface area contributed by atoms with E-state index in [0.717, 1.165) is 39.0 Å². The number of amides is 1. The number of rotatable bonds is 4. The number of hydrogen-bond donors (Lipinski definition) is 2. The fraction of sp³-hybridized carbons (Fsp3) is 0.421. The maximum atomic E-state index is 11.3. The molecule has 1 aliphatic carbocycles. The zero-order chi connectivity index (χ0) is 19.0. The van der Waals surface area contributed by atoms with Crippen molar-refractivity contribution in [3.05, 3.63) is 24.5 Å². The van der Waals surface area contributed by atoms with Crippen molar-refractivity contribution in [2.24, 2.45) is 5.73 Å². The van der Waals surface area contributed by atoms with Crippen LogP contribution in [-0.4, -0.2) is 47.1 Å². The first-order valence-electron chi connectivity index (χ1n) is 9.09. The Morgan fingerprint density at radius 2 is 2.00 bits per heavy atom. The Kier molecular flexibility index (Phi) is 4.84. The minimum Gasteiger partial charge on any atom is -0.410 e. The molecule has 7 nitrogen and oxygen atoms in total. The van der Waals surface area contributed by atoms with Gasteiger partial charge in [-0.15, -0.1) is 11.3 Å². The van der Waals surface area contributed by atoms with Crippen molar-refractivity contribution >= 4 is 43.6 Å². The van der Waals surface area contributed by atoms with Crippen LogP contribution in [-0.2, 0) is 0 Å². The van der Waals surface area contributed by atoms with Crippen LogP contribution in [0.25, 0.3) is 20.3 Å². The Morgan fingerprint density at radius 3 is 2.70 bits per heavy atom. The van der Waals surface area contributed by atoms with Gasteiger partial charge in [-0.2, -0.15) is 0 Å². The number of aromatic nitrogens is 2. The van der Waals surface area contributed by atoms with Gasteiger partial charge in [0.15, 0.2) is 0 Å². The zero-order valence-corrected chi connectivity index (χ0v) is 16.3. The van der Waals surface area contributed by atoms with Gasteiger partial charge in [0, 0.05) is 22.2 Å². The molecule has 27 heavy (non-hydrogen) atoms. The van der Waals surface area contributed by atoms with Gasteiger partial charge in [-0.25, -0.2) is 14.8 Å². The molecule has 1 aliphatic rings. The van der Waals surface area contributed by atoms with E-state index in [-0.39, 0.29) is 0 Å². The first kappa shape index (κ1) is 17.9. The first-order chi connectivity index (χ1) is 13.0. The van der Waals surface area contributed by atoms with Gasteiger partial charge < -0.3 is 20.7 Å². The zero-order valence-electron chi connectivity index (χ0n) is 15.4. The number of nitrogens with zero attached hydrogens (tertiary/aromatic N) is 3. The summed E-state index contributed by atoms with van der Waals surface area (Å²) in [5.74, 6) is 1.24. The maximum absolute atomic E-state index is 11.3. The lowest BCUT2D eigenvalue weighted by atomic mass is 9.90. The number of carbonyl (C=O) groups excluding carboxylic acids is 1. The van der Waals surface area contributed by atoms with E-state index >= 15 is 0 Å². The van der Waals surface area contributed by atoms with Gasteiger partial charge in [-0.1, -0.05) is 6.07 Å². The average Bonchev–Trinajstić information content (AvgIpc) is 3.02. The van der Waals surface area contributed by atoms with Crippen molar-refractivity contribution in [1.29, 1.82) is 0 Å². The average molecular weight is 385 g/mol. The van der Waals surface area contributed by atoms with Crippen LogP contribution in [0.3, 0.4) is 0 Å². The highest BCUT2D eigenvalue weighted by molar-refractivity contribution is 7.25. The Morgan fingerprint density at radius 1 is 1.22 bits per heavy atom. The van der Waals surface area contributed by atoms with Gasteiger partial charge in [-0.05, 0) is 51.9 Å². The smallest absolute Gasteiger partial charge is 0.409 e. The van der Waals surface area contributed by atoms with Gasteiger partial charge in [0.05, 0.1) is 5.39 Å². The highest BCUT2D eigenvalue weighted by atomic mass is 32.1. The van der Waals surface area contributed by atoms with Gasteiger partial charge in [-0.3, -0.25) is 0 Å². The molecule has 1 saturated carbocycles. The molecule has 3 N–H and O–H groups in total. The second kappa shape index (κ2) is 7.28. The summed E-state index contributed by atoms with van der Waals surface area (Å²) >= 11 is 1.55. The molecule has 8 heteroatoms. The summed E-state index contributed by atoms with van der Waals surface area (Å²) in [4.78, 5) is 23.4. The summed E-state index contributed by atoms with van der Waals surface area (Å²) in [5, 5.41) is 5.33. The number of nitrogens with two attached hydrogens (primary N) is 1. The van der Waals surface area contributed by atoms with Gasteiger partial charge in [0.25, 0.3) is 0 Å². The van der Waals surface area contributed by atoms with E-state index in [2.05, 4.69) is 34.3 Å². The lowest BCUT2D eigenvalue weighted by Gasteiger charge is -2.33. The fourth-order valence-electron chi connectivity index (χ4n) is 3.85. The quantitative estimate of drug-likeness (QED) is 0.713. The van der Waals surface area contributed by atoms with Crippen LogP contribution in [0.5, 0.6) is 5.75 Å². The molecule has 3 aromatic rings. The van der Waals surface area contributed by atoms with E-state index in [1.54, 1.807) is 23.7 Å². The monoisotopic (exact) mass is 385 g/mol. The molecule has 2 heterocycles. The van der Waals surface area contributed by atoms with Gasteiger partial charge in [0.2, 0.25) is 0 Å². The Bertz CT molecular complexity index is 979. The summed E-state index contributed by atoms with van der Waals surface area (Å²) < 4.78 is 6.23. The molecule has 4 rings (SSSR count). The molecular formula is C19H23N5O2S. The minimum atomic E-state index is -0.824. The normalized spacial score (nSPS) is 20.3. The highest BCUT2D eigenvalue weighted by Crippen LogP contribution is 2.41. The van der Waals surface area contributed by atoms with Crippen molar-refractivity contribution < 1.29 is 9.53 Å². The fourth-order valence-corrected chi connectivity index (χ4v) is 4.91. The summed E-state index contributed by atoms with van der Waals surface area (Å²) in [6.45, 7) is 0. The Labute approximate surface area is 161 Å². The van der Waals surface area contributed by atoms with E-state index in [9.17, 15) is 4.79 Å². The van der Waals surface area contributed by atoms with E-state index in [4.69, 9.17) is 10.5 Å². The Hall–Kier alpha value is -2.45. The molecular weight excluding hydrogens is 362 g/mol. The number of primary amides is 1. The molecule has 0 saturated heterocycles. The molecule has 0 radical (unpaired) electrons. The number of hydrogen-bond acceptors (Lipinski definition) is 7. The molecule has 0 unspecified atom stereocenters. The van der Waals surface area contributed by atoms with E-state index < -0.39 is 6.09 Å². The lowest BCUT2D eigenvalue weighted by Crippen LogP contribution is -2.36. The molecule has 2 aromatic heterocycles. The number of carbonyl (C=O) groups is 1. The summed E-state index contributed by atoms with van der Waals surface area (Å²) in [6.07, 6.45) is 5.29. The number of ether oxygens (including phenoxy) is 1. The molecule has 0 aliphatic heterocycles. The summed E-state index contributed by atoms with van der Waals surface area (Å²) in [7, 11) is 4.29. The number of nitrogens with one attached hydrogen (secondary N) is 1. The third-order valence-electron chi connectivity index (χ3n) is 5.24. The van der Waals surface area contributed by atoms with Crippen molar-refractivity contribution in [3.8, 4) is 5.75 Å². The Balaban J connectivity index is 1.70. The minimum absolute atomic E-state index is 0.374. The third kappa shape index (κ3) is 3.54. The van der Waals surface area contributed by atoms with E-state index in [0.29, 0.717) is 17.8 Å². The maximum Gasteiger partial charge on any atom is 0.409 e. The van der Waals surface area contributed by atoms with E-state index in [1.165, 1.54) is 12.8 Å². The molecule has 0 atom stereocenters. The summed E-state index contributed by atoms with van der Waals surface area (Å²) in [6, 6.07) is 6.60. The standard InChI is InChI=1S/C19H23N5O2S/c1-24(2)12-8-6-11(7-9-12)23-17-16-15-13(26-19(20)25)4-3-5-14(15)27-18(16)22-10-21-17/h3-5,10-12H,6-9H2,1-2H3,(H2,20,25)(H,21,22,23). The number of benzene rings is 1. The molecule has 1 amide bonds. The van der Waals surface area contributed by atoms with Crippen LogP contribution in [0, 0.1) is 0 Å². The molecule has 1 aromatic carbocycles. The molecule has 142 valence electrons. The van der Waals surface area contributed by atoms with E-state index in [1.807, 2.05) is 12.1 Å².